The Morgan fingerprint density at radius 3 is 1.22 bits per heavy atom. The number of hydrogen-bond acceptors (Lipinski definition) is 12. The lowest BCUT2D eigenvalue weighted by Gasteiger charge is -2.18. The molecular formula is C33H38O12. The van der Waals surface area contributed by atoms with E-state index in [4.69, 9.17) is 28.4 Å². The molecule has 0 amide bonds. The van der Waals surface area contributed by atoms with Gasteiger partial charge in [0.2, 0.25) is 0 Å². The molecule has 0 spiro atoms. The van der Waals surface area contributed by atoms with Crippen LogP contribution in [0.2, 0.25) is 0 Å². The van der Waals surface area contributed by atoms with Gasteiger partial charge in [-0.25, -0.2) is 0 Å². The Labute approximate surface area is 261 Å². The summed E-state index contributed by atoms with van der Waals surface area (Å²) >= 11 is 0. The predicted molar refractivity (Wildman–Crippen MR) is 161 cm³/mol. The fourth-order valence-corrected chi connectivity index (χ4v) is 4.25. The lowest BCUT2D eigenvalue weighted by molar-refractivity contribution is -0.166. The number of aromatic hydroxyl groups is 3. The fraction of sp³-hybridized carbons (Fsp3) is 0.364. The molecule has 12 nitrogen and oxygen atoms in total. The number of aryl methyl sites for hydroxylation is 3. The van der Waals surface area contributed by atoms with E-state index in [0.717, 1.165) is 16.7 Å². The highest BCUT2D eigenvalue weighted by Crippen LogP contribution is 2.28. The van der Waals surface area contributed by atoms with Crippen molar-refractivity contribution in [2.45, 2.75) is 44.6 Å². The number of ether oxygens (including phenoxy) is 6. The van der Waals surface area contributed by atoms with E-state index in [1.54, 1.807) is 36.4 Å². The van der Waals surface area contributed by atoms with Crippen LogP contribution in [0.15, 0.2) is 54.6 Å². The van der Waals surface area contributed by atoms with Gasteiger partial charge < -0.3 is 43.7 Å². The Hall–Kier alpha value is -5.13. The molecule has 3 N–H and O–H groups in total. The summed E-state index contributed by atoms with van der Waals surface area (Å²) in [6.45, 7) is -0.669. The summed E-state index contributed by atoms with van der Waals surface area (Å²) in [5.74, 6) is -0.957. The second kappa shape index (κ2) is 17.2. The van der Waals surface area contributed by atoms with Crippen LogP contribution in [-0.2, 0) is 47.9 Å². The smallest absolute Gasteiger partial charge is 0.306 e. The van der Waals surface area contributed by atoms with Gasteiger partial charge in [0, 0.05) is 19.3 Å². The lowest BCUT2D eigenvalue weighted by atomic mass is 10.1. The quantitative estimate of drug-likeness (QED) is 0.146. The molecule has 0 radical (unpaired) electrons. The molecule has 0 aliphatic rings. The number of rotatable bonds is 17. The lowest BCUT2D eigenvalue weighted by Crippen LogP contribution is -2.31. The summed E-state index contributed by atoms with van der Waals surface area (Å²) in [6.07, 6.45) is -0.159. The van der Waals surface area contributed by atoms with Crippen molar-refractivity contribution in [1.29, 1.82) is 0 Å². The molecule has 12 heteroatoms. The van der Waals surface area contributed by atoms with Crippen LogP contribution in [0.25, 0.3) is 0 Å². The SMILES string of the molecule is COc1cc(CCC(=O)OCC(COC(=O)CCc2ccc(O)c(OC)c2)OC(=O)CCc2ccc(O)c(OC)c2)ccc1O. The summed E-state index contributed by atoms with van der Waals surface area (Å²) in [6, 6.07) is 14.2. The van der Waals surface area contributed by atoms with Crippen LogP contribution < -0.4 is 14.2 Å². The number of methoxy groups -OCH3 is 3. The standard InChI is InChI=1S/C33H38O12/c1-40-28-16-21(4-10-25(28)34)7-13-31(37)43-19-24(45-33(39)15-9-23-6-12-27(36)30(18-23)42-3)20-44-32(38)14-8-22-5-11-26(35)29(17-22)41-2/h4-6,10-12,16-18,24,34-36H,7-9,13-15,19-20H2,1-3H3. The minimum atomic E-state index is -1.05. The van der Waals surface area contributed by atoms with Crippen molar-refractivity contribution in [3.63, 3.8) is 0 Å². The number of carbonyl (C=O) groups excluding carboxylic acids is 3. The van der Waals surface area contributed by atoms with Gasteiger partial charge in [-0.2, -0.15) is 0 Å². The van der Waals surface area contributed by atoms with E-state index >= 15 is 0 Å². The first-order valence-electron chi connectivity index (χ1n) is 14.2. The minimum Gasteiger partial charge on any atom is -0.504 e. The monoisotopic (exact) mass is 626 g/mol. The molecule has 0 heterocycles. The van der Waals surface area contributed by atoms with E-state index in [2.05, 4.69) is 0 Å². The van der Waals surface area contributed by atoms with Crippen molar-refractivity contribution in [3.8, 4) is 34.5 Å². The number of hydrogen-bond donors (Lipinski definition) is 3. The van der Waals surface area contributed by atoms with E-state index in [0.29, 0.717) is 12.8 Å². The Bertz CT molecular complexity index is 1380. The van der Waals surface area contributed by atoms with E-state index < -0.39 is 24.0 Å². The van der Waals surface area contributed by atoms with Crippen LogP contribution in [0.4, 0.5) is 0 Å². The highest BCUT2D eigenvalue weighted by Gasteiger charge is 2.20. The van der Waals surface area contributed by atoms with Crippen molar-refractivity contribution < 1.29 is 58.1 Å². The fourth-order valence-electron chi connectivity index (χ4n) is 4.25. The van der Waals surface area contributed by atoms with Crippen LogP contribution in [0, 0.1) is 0 Å². The van der Waals surface area contributed by atoms with Gasteiger partial charge in [0.1, 0.15) is 13.2 Å². The number of phenolic OH excluding ortho intramolecular Hbond substituents is 3. The Kier molecular flexibility index (Phi) is 13.2. The first-order valence-corrected chi connectivity index (χ1v) is 14.2. The number of esters is 3. The van der Waals surface area contributed by atoms with E-state index in [9.17, 15) is 29.7 Å². The Morgan fingerprint density at radius 2 is 0.889 bits per heavy atom. The summed E-state index contributed by atoms with van der Waals surface area (Å²) in [7, 11) is 4.27. The Balaban J connectivity index is 1.55. The van der Waals surface area contributed by atoms with Crippen molar-refractivity contribution in [2.24, 2.45) is 0 Å². The number of phenols is 3. The van der Waals surface area contributed by atoms with E-state index in [1.165, 1.54) is 39.5 Å². The zero-order valence-electron chi connectivity index (χ0n) is 25.4. The molecule has 0 fully saturated rings. The molecule has 0 saturated carbocycles. The first-order chi connectivity index (χ1) is 21.6. The van der Waals surface area contributed by atoms with Gasteiger partial charge in [-0.05, 0) is 72.4 Å². The molecule has 0 atom stereocenters. The Morgan fingerprint density at radius 1 is 0.556 bits per heavy atom. The summed E-state index contributed by atoms with van der Waals surface area (Å²) in [5.41, 5.74) is 2.22. The molecule has 0 aromatic heterocycles. The van der Waals surface area contributed by atoms with Crippen molar-refractivity contribution >= 4 is 17.9 Å². The molecular weight excluding hydrogens is 588 g/mol. The van der Waals surface area contributed by atoms with Crippen molar-refractivity contribution in [1.82, 2.24) is 0 Å². The second-order valence-corrected chi connectivity index (χ2v) is 10.00. The zero-order valence-corrected chi connectivity index (χ0v) is 25.4. The molecule has 242 valence electrons. The number of carbonyl (C=O) groups is 3. The maximum Gasteiger partial charge on any atom is 0.306 e. The zero-order chi connectivity index (χ0) is 32.8. The maximum atomic E-state index is 12.7. The molecule has 0 aliphatic carbocycles. The second-order valence-electron chi connectivity index (χ2n) is 10.00. The van der Waals surface area contributed by atoms with Crippen LogP contribution in [0.1, 0.15) is 36.0 Å². The highest BCUT2D eigenvalue weighted by atomic mass is 16.6. The molecule has 0 saturated heterocycles. The normalized spacial score (nSPS) is 10.7. The van der Waals surface area contributed by atoms with Crippen molar-refractivity contribution in [2.75, 3.05) is 34.5 Å². The molecule has 0 unspecified atom stereocenters. The molecule has 0 bridgehead atoms. The maximum absolute atomic E-state index is 12.7. The van der Waals surface area contributed by atoms with Gasteiger partial charge >= 0.3 is 17.9 Å². The van der Waals surface area contributed by atoms with E-state index in [1.807, 2.05) is 0 Å². The van der Waals surface area contributed by atoms with Crippen LogP contribution in [0.5, 0.6) is 34.5 Å². The summed E-state index contributed by atoms with van der Waals surface area (Å²) < 4.78 is 31.5. The highest BCUT2D eigenvalue weighted by molar-refractivity contribution is 5.71. The average Bonchev–Trinajstić information content (AvgIpc) is 3.04. The third kappa shape index (κ3) is 11.1. The topological polar surface area (TPSA) is 167 Å². The summed E-state index contributed by atoms with van der Waals surface area (Å²) in [4.78, 5) is 37.7. The van der Waals surface area contributed by atoms with Gasteiger partial charge in [-0.1, -0.05) is 18.2 Å². The van der Waals surface area contributed by atoms with Crippen LogP contribution in [-0.4, -0.2) is 73.9 Å². The molecule has 45 heavy (non-hydrogen) atoms. The van der Waals surface area contributed by atoms with Crippen molar-refractivity contribution in [3.05, 3.63) is 71.3 Å². The van der Waals surface area contributed by atoms with Crippen LogP contribution >= 0.6 is 0 Å². The van der Waals surface area contributed by atoms with Gasteiger partial charge in [-0.3, -0.25) is 14.4 Å². The minimum absolute atomic E-state index is 0.00710. The van der Waals surface area contributed by atoms with Crippen LogP contribution in [0.3, 0.4) is 0 Å². The molecule has 3 aromatic rings. The van der Waals surface area contributed by atoms with Gasteiger partial charge in [0.15, 0.2) is 40.6 Å². The third-order valence-electron chi connectivity index (χ3n) is 6.74. The third-order valence-corrected chi connectivity index (χ3v) is 6.74. The van der Waals surface area contributed by atoms with E-state index in [-0.39, 0.29) is 73.4 Å². The molecule has 3 rings (SSSR count). The van der Waals surface area contributed by atoms with Gasteiger partial charge in [-0.15, -0.1) is 0 Å². The largest absolute Gasteiger partial charge is 0.504 e. The summed E-state index contributed by atoms with van der Waals surface area (Å²) in [5, 5.41) is 29.3. The molecule has 3 aromatic carbocycles. The first kappa shape index (κ1) is 34.4. The van der Waals surface area contributed by atoms with Gasteiger partial charge in [0.25, 0.3) is 0 Å². The van der Waals surface area contributed by atoms with Gasteiger partial charge in [0.05, 0.1) is 21.3 Å². The number of benzene rings is 3. The predicted octanol–water partition coefficient (Wildman–Crippen LogP) is 4.03. The molecule has 0 aliphatic heterocycles. The average molecular weight is 627 g/mol.